The summed E-state index contributed by atoms with van der Waals surface area (Å²) in [6.07, 6.45) is 3.33. The maximum absolute atomic E-state index is 15.0. The van der Waals surface area contributed by atoms with Crippen LogP contribution in [0.15, 0.2) is 59.0 Å². The van der Waals surface area contributed by atoms with Crippen molar-refractivity contribution >= 4 is 17.6 Å². The highest BCUT2D eigenvalue weighted by atomic mass is 19.1. The van der Waals surface area contributed by atoms with E-state index in [1.54, 1.807) is 24.5 Å². The first-order valence-electron chi connectivity index (χ1n) is 13.5. The van der Waals surface area contributed by atoms with Gasteiger partial charge in [-0.2, -0.15) is 0 Å². The summed E-state index contributed by atoms with van der Waals surface area (Å²) in [5, 5.41) is 6.55. The summed E-state index contributed by atoms with van der Waals surface area (Å²) in [4.78, 5) is 27.8. The Morgan fingerprint density at radius 2 is 2.00 bits per heavy atom. The van der Waals surface area contributed by atoms with Crippen molar-refractivity contribution in [3.63, 3.8) is 0 Å². The minimum atomic E-state index is -1.24. The molecule has 5 rings (SSSR count). The number of nitrogens with one attached hydrogen (secondary N) is 2. The molecule has 1 amide bonds. The fraction of sp³-hybridized carbons (Fsp3) is 0.500. The van der Waals surface area contributed by atoms with Crippen LogP contribution in [0, 0.1) is 0 Å². The first-order chi connectivity index (χ1) is 19.0. The van der Waals surface area contributed by atoms with Gasteiger partial charge >= 0.3 is 6.01 Å². The highest BCUT2D eigenvalue weighted by Crippen LogP contribution is 2.27. The third kappa shape index (κ3) is 6.47. The third-order valence-electron chi connectivity index (χ3n) is 7.22. The van der Waals surface area contributed by atoms with Crippen molar-refractivity contribution in [3.8, 4) is 6.01 Å². The Labute approximate surface area is 227 Å². The number of hydrogen-bond acceptors (Lipinski definition) is 9. The number of para-hydroxylation sites is 1. The second-order valence-corrected chi connectivity index (χ2v) is 9.93. The molecule has 3 aliphatic heterocycles. The van der Waals surface area contributed by atoms with Crippen molar-refractivity contribution in [3.05, 3.63) is 59.6 Å². The summed E-state index contributed by atoms with van der Waals surface area (Å²) in [7, 11) is 0. The third-order valence-corrected chi connectivity index (χ3v) is 7.22. The van der Waals surface area contributed by atoms with Gasteiger partial charge in [0, 0.05) is 37.7 Å². The SMILES string of the molecule is CC/C(C)=C(\Nc1ccccc1C(=O)N[C@H]1CCOC1)C1COC(N2CC[C@H](Oc3ncccn3)[C@H](F)C2)=N1. The normalized spacial score (nSPS) is 25.4. The fourth-order valence-corrected chi connectivity index (χ4v) is 4.87. The number of nitrogens with zero attached hydrogens (tertiary/aromatic N) is 4. The van der Waals surface area contributed by atoms with Gasteiger partial charge in [0.25, 0.3) is 11.9 Å². The molecule has 0 saturated carbocycles. The van der Waals surface area contributed by atoms with Gasteiger partial charge in [-0.05, 0) is 38.0 Å². The van der Waals surface area contributed by atoms with Crippen molar-refractivity contribution < 1.29 is 23.4 Å². The molecule has 2 aromatic rings. The number of carbonyl (C=O) groups is 1. The molecule has 0 radical (unpaired) electrons. The maximum atomic E-state index is 15.0. The van der Waals surface area contributed by atoms with Crippen LogP contribution in [0.1, 0.15) is 43.5 Å². The molecule has 4 heterocycles. The number of aliphatic imine (C=N–C) groups is 1. The van der Waals surface area contributed by atoms with Gasteiger partial charge in [-0.15, -0.1) is 0 Å². The molecule has 10 nitrogen and oxygen atoms in total. The minimum absolute atomic E-state index is 0.0161. The van der Waals surface area contributed by atoms with Crippen LogP contribution in [0.5, 0.6) is 6.01 Å². The van der Waals surface area contributed by atoms with Crippen LogP contribution in [0.4, 0.5) is 10.1 Å². The second-order valence-electron chi connectivity index (χ2n) is 9.93. The van der Waals surface area contributed by atoms with Gasteiger partial charge < -0.3 is 29.7 Å². The Morgan fingerprint density at radius 3 is 2.74 bits per heavy atom. The van der Waals surface area contributed by atoms with Gasteiger partial charge in [0.2, 0.25) is 0 Å². The van der Waals surface area contributed by atoms with Gasteiger partial charge in [-0.1, -0.05) is 24.6 Å². The maximum Gasteiger partial charge on any atom is 0.316 e. The van der Waals surface area contributed by atoms with E-state index in [-0.39, 0.29) is 30.5 Å². The van der Waals surface area contributed by atoms with Gasteiger partial charge in [0.15, 0.2) is 6.17 Å². The number of anilines is 1. The topological polar surface area (TPSA) is 110 Å². The largest absolute Gasteiger partial charge is 0.462 e. The lowest BCUT2D eigenvalue weighted by Crippen LogP contribution is -2.49. The predicted molar refractivity (Wildman–Crippen MR) is 144 cm³/mol. The Morgan fingerprint density at radius 1 is 1.18 bits per heavy atom. The molecule has 2 saturated heterocycles. The van der Waals surface area contributed by atoms with Crippen LogP contribution in [0.2, 0.25) is 0 Å². The quantitative estimate of drug-likeness (QED) is 0.527. The van der Waals surface area contributed by atoms with Crippen LogP contribution in [0.25, 0.3) is 0 Å². The van der Waals surface area contributed by atoms with E-state index in [0.717, 1.165) is 24.1 Å². The highest BCUT2D eigenvalue weighted by Gasteiger charge is 2.36. The lowest BCUT2D eigenvalue weighted by Gasteiger charge is -2.34. The highest BCUT2D eigenvalue weighted by molar-refractivity contribution is 6.00. The summed E-state index contributed by atoms with van der Waals surface area (Å²) in [5.74, 6) is -0.144. The summed E-state index contributed by atoms with van der Waals surface area (Å²) in [5.41, 5.74) is 3.24. The number of amides is 1. The van der Waals surface area contributed by atoms with E-state index in [1.165, 1.54) is 0 Å². The van der Waals surface area contributed by atoms with Crippen molar-refractivity contribution in [2.75, 3.05) is 38.2 Å². The predicted octanol–water partition coefficient (Wildman–Crippen LogP) is 3.34. The van der Waals surface area contributed by atoms with E-state index in [2.05, 4.69) is 27.5 Å². The molecule has 2 fully saturated rings. The number of amidine groups is 1. The summed E-state index contributed by atoms with van der Waals surface area (Å²) >= 11 is 0. The number of halogens is 1. The lowest BCUT2D eigenvalue weighted by atomic mass is 10.1. The molecule has 0 bridgehead atoms. The Balaban J connectivity index is 1.26. The Kier molecular flexibility index (Phi) is 8.55. The second kappa shape index (κ2) is 12.4. The standard InChI is InChI=1S/C28H35FN6O4/c1-3-18(2)25(33-22-8-5-4-7-20(22)26(36)32-19-10-14-37-16-19)23-17-38-28(34-23)35-13-9-24(21(29)15-35)39-27-30-11-6-12-31-27/h4-8,11-12,19,21,23-24,33H,3,9-10,13-17H2,1-2H3,(H,32,36)/b25-18-/t19-,21+,23?,24-/m0/s1. The first kappa shape index (κ1) is 26.9. The number of allylic oxidation sites excluding steroid dienone is 1. The van der Waals surface area contributed by atoms with Crippen molar-refractivity contribution in [1.29, 1.82) is 0 Å². The summed E-state index contributed by atoms with van der Waals surface area (Å²) in [6, 6.07) is 9.43. The van der Waals surface area contributed by atoms with E-state index in [1.807, 2.05) is 30.0 Å². The summed E-state index contributed by atoms with van der Waals surface area (Å²) in [6.45, 7) is 6.28. The average Bonchev–Trinajstić information content (AvgIpc) is 3.66. The van der Waals surface area contributed by atoms with Crippen LogP contribution < -0.4 is 15.4 Å². The smallest absolute Gasteiger partial charge is 0.316 e. The van der Waals surface area contributed by atoms with E-state index >= 15 is 4.39 Å². The molecular weight excluding hydrogens is 503 g/mol. The monoisotopic (exact) mass is 538 g/mol. The number of piperidine rings is 1. The first-order valence-corrected chi connectivity index (χ1v) is 13.5. The van der Waals surface area contributed by atoms with Gasteiger partial charge in [-0.25, -0.2) is 19.4 Å². The molecule has 11 heteroatoms. The molecule has 0 spiro atoms. The van der Waals surface area contributed by atoms with Crippen molar-refractivity contribution in [1.82, 2.24) is 20.2 Å². The molecule has 0 aliphatic carbocycles. The summed E-state index contributed by atoms with van der Waals surface area (Å²) < 4.78 is 32.0. The van der Waals surface area contributed by atoms with E-state index in [0.29, 0.717) is 50.1 Å². The molecule has 208 valence electrons. The zero-order chi connectivity index (χ0) is 27.2. The molecule has 3 aliphatic rings. The average molecular weight is 539 g/mol. The van der Waals surface area contributed by atoms with Gasteiger partial charge in [0.1, 0.15) is 18.8 Å². The zero-order valence-corrected chi connectivity index (χ0v) is 22.3. The molecule has 2 N–H and O–H groups in total. The van der Waals surface area contributed by atoms with Crippen LogP contribution in [0.3, 0.4) is 0 Å². The number of aromatic nitrogens is 2. The molecular formula is C28H35FN6O4. The number of ether oxygens (including phenoxy) is 3. The fourth-order valence-electron chi connectivity index (χ4n) is 4.87. The number of likely N-dealkylation sites (tertiary alicyclic amines) is 1. The van der Waals surface area contributed by atoms with Gasteiger partial charge in [0.05, 0.1) is 30.4 Å². The number of alkyl halides is 1. The molecule has 39 heavy (non-hydrogen) atoms. The van der Waals surface area contributed by atoms with E-state index < -0.39 is 12.3 Å². The number of benzene rings is 1. The Hall–Kier alpha value is -3.73. The molecule has 1 aromatic heterocycles. The van der Waals surface area contributed by atoms with Gasteiger partial charge in [-0.3, -0.25) is 4.79 Å². The zero-order valence-electron chi connectivity index (χ0n) is 22.3. The van der Waals surface area contributed by atoms with Crippen LogP contribution >= 0.6 is 0 Å². The van der Waals surface area contributed by atoms with Crippen LogP contribution in [-0.2, 0) is 9.47 Å². The number of rotatable bonds is 8. The van der Waals surface area contributed by atoms with E-state index in [9.17, 15) is 4.79 Å². The Bertz CT molecular complexity index is 1200. The van der Waals surface area contributed by atoms with Crippen LogP contribution in [-0.4, -0.2) is 84.1 Å². The lowest BCUT2D eigenvalue weighted by molar-refractivity contribution is 0.0316. The molecule has 1 unspecified atom stereocenters. The van der Waals surface area contributed by atoms with Crippen molar-refractivity contribution in [2.45, 2.75) is 57.5 Å². The van der Waals surface area contributed by atoms with E-state index in [4.69, 9.17) is 19.2 Å². The molecule has 1 aromatic carbocycles. The number of hydrogen-bond donors (Lipinski definition) is 2. The minimum Gasteiger partial charge on any atom is -0.462 e. The number of carbonyl (C=O) groups excluding carboxylic acids is 1. The molecule has 4 atom stereocenters. The van der Waals surface area contributed by atoms with Crippen molar-refractivity contribution in [2.24, 2.45) is 4.99 Å².